The number of fused-ring (bicyclic) bond motifs is 2. The first-order valence-electron chi connectivity index (χ1n) is 6.92. The van der Waals surface area contributed by atoms with Crippen molar-refractivity contribution in [3.05, 3.63) is 56.0 Å². The summed E-state index contributed by atoms with van der Waals surface area (Å²) in [5, 5.41) is 12.1. The molecule has 120 valence electrons. The molecule has 8 heteroatoms. The summed E-state index contributed by atoms with van der Waals surface area (Å²) in [6, 6.07) is 8.25. The number of benzene rings is 2. The van der Waals surface area contributed by atoms with Gasteiger partial charge >= 0.3 is 0 Å². The van der Waals surface area contributed by atoms with Gasteiger partial charge in [0.1, 0.15) is 5.01 Å². The predicted octanol–water partition coefficient (Wildman–Crippen LogP) is 4.76. The molecule has 3 aromatic rings. The maximum atomic E-state index is 10.8. The fraction of sp³-hybridized carbons (Fsp3) is 0.0625. The van der Waals surface area contributed by atoms with Gasteiger partial charge in [-0.15, -0.1) is 11.3 Å². The molecule has 0 atom stereocenters. The maximum Gasteiger partial charge on any atom is 0.270 e. The van der Waals surface area contributed by atoms with Gasteiger partial charge in [-0.05, 0) is 29.8 Å². The van der Waals surface area contributed by atoms with Gasteiger partial charge in [-0.1, -0.05) is 17.7 Å². The lowest BCUT2D eigenvalue weighted by molar-refractivity contribution is -0.384. The highest BCUT2D eigenvalue weighted by molar-refractivity contribution is 7.19. The van der Waals surface area contributed by atoms with Crippen molar-refractivity contribution in [2.45, 2.75) is 0 Å². The molecule has 0 saturated carbocycles. The van der Waals surface area contributed by atoms with Gasteiger partial charge < -0.3 is 9.47 Å². The molecule has 0 unspecified atom stereocenters. The normalized spacial score (nSPS) is 13.0. The summed E-state index contributed by atoms with van der Waals surface area (Å²) >= 11 is 7.54. The van der Waals surface area contributed by atoms with Crippen molar-refractivity contribution < 1.29 is 14.4 Å². The predicted molar refractivity (Wildman–Crippen MR) is 92.8 cm³/mol. The van der Waals surface area contributed by atoms with E-state index >= 15 is 0 Å². The number of nitrogens with zero attached hydrogens (tertiary/aromatic N) is 2. The Morgan fingerprint density at radius 3 is 2.96 bits per heavy atom. The van der Waals surface area contributed by atoms with Crippen molar-refractivity contribution in [3.8, 4) is 11.5 Å². The molecule has 1 aliphatic rings. The number of nitro benzene ring substituents is 1. The van der Waals surface area contributed by atoms with Crippen molar-refractivity contribution >= 4 is 51.0 Å². The number of non-ortho nitro benzene ring substituents is 1. The number of aromatic nitrogens is 1. The van der Waals surface area contributed by atoms with Crippen LogP contribution in [0.25, 0.3) is 22.4 Å². The number of nitro groups is 1. The minimum atomic E-state index is -0.413. The summed E-state index contributed by atoms with van der Waals surface area (Å²) in [5.41, 5.74) is 1.65. The quantitative estimate of drug-likeness (QED) is 0.497. The minimum absolute atomic E-state index is 0.0595. The van der Waals surface area contributed by atoms with Crippen LogP contribution >= 0.6 is 22.9 Å². The van der Waals surface area contributed by atoms with Crippen LogP contribution in [0.1, 0.15) is 10.6 Å². The molecule has 1 aliphatic heterocycles. The highest BCUT2D eigenvalue weighted by atomic mass is 35.5. The van der Waals surface area contributed by atoms with Gasteiger partial charge in [-0.3, -0.25) is 10.1 Å². The second-order valence-corrected chi connectivity index (χ2v) is 6.50. The number of halogens is 1. The second kappa shape index (κ2) is 5.77. The van der Waals surface area contributed by atoms with E-state index in [0.717, 1.165) is 20.8 Å². The Morgan fingerprint density at radius 1 is 1.25 bits per heavy atom. The van der Waals surface area contributed by atoms with Crippen LogP contribution in [0.3, 0.4) is 0 Å². The Morgan fingerprint density at radius 2 is 2.12 bits per heavy atom. The molecule has 0 saturated heterocycles. The molecule has 0 amide bonds. The van der Waals surface area contributed by atoms with Crippen LogP contribution in [0.5, 0.6) is 11.5 Å². The fourth-order valence-corrected chi connectivity index (χ4v) is 3.54. The average molecular weight is 361 g/mol. The van der Waals surface area contributed by atoms with E-state index in [0.29, 0.717) is 16.5 Å². The highest BCUT2D eigenvalue weighted by Gasteiger charge is 2.17. The van der Waals surface area contributed by atoms with E-state index in [2.05, 4.69) is 4.98 Å². The Kier molecular flexibility index (Phi) is 3.59. The molecular weight excluding hydrogens is 352 g/mol. The standard InChI is InChI=1S/C16H9ClN2O4S/c17-11-5-9(6-13-16(11)23-8-22-13)1-4-15-18-12-3-2-10(19(20)21)7-14(12)24-15/h1-7H,8H2/b4-1+. The lowest BCUT2D eigenvalue weighted by Gasteiger charge is -2.00. The Bertz CT molecular complexity index is 999. The minimum Gasteiger partial charge on any atom is -0.454 e. The van der Waals surface area contributed by atoms with E-state index in [1.54, 1.807) is 12.1 Å². The molecular formula is C16H9ClN2O4S. The summed E-state index contributed by atoms with van der Waals surface area (Å²) in [5.74, 6) is 1.17. The van der Waals surface area contributed by atoms with E-state index in [9.17, 15) is 10.1 Å². The number of hydrogen-bond acceptors (Lipinski definition) is 6. The van der Waals surface area contributed by atoms with E-state index in [1.165, 1.54) is 23.5 Å². The molecule has 0 bridgehead atoms. The smallest absolute Gasteiger partial charge is 0.270 e. The van der Waals surface area contributed by atoms with Crippen LogP contribution in [0, 0.1) is 10.1 Å². The van der Waals surface area contributed by atoms with Crippen LogP contribution in [-0.4, -0.2) is 16.7 Å². The topological polar surface area (TPSA) is 74.5 Å². The summed E-state index contributed by atoms with van der Waals surface area (Å²) in [6.07, 6.45) is 3.70. The molecule has 1 aromatic heterocycles. The van der Waals surface area contributed by atoms with E-state index in [-0.39, 0.29) is 12.5 Å². The zero-order valence-corrected chi connectivity index (χ0v) is 13.6. The van der Waals surface area contributed by atoms with Gasteiger partial charge in [0.05, 0.1) is 20.2 Å². The van der Waals surface area contributed by atoms with Crippen LogP contribution in [0.4, 0.5) is 5.69 Å². The highest BCUT2D eigenvalue weighted by Crippen LogP contribution is 2.40. The molecule has 0 radical (unpaired) electrons. The summed E-state index contributed by atoms with van der Waals surface area (Å²) < 4.78 is 11.4. The lowest BCUT2D eigenvalue weighted by Crippen LogP contribution is -1.93. The van der Waals surface area contributed by atoms with Gasteiger partial charge in [0.15, 0.2) is 11.5 Å². The maximum absolute atomic E-state index is 10.8. The molecule has 24 heavy (non-hydrogen) atoms. The van der Waals surface area contributed by atoms with Gasteiger partial charge in [0, 0.05) is 12.1 Å². The molecule has 0 aliphatic carbocycles. The van der Waals surface area contributed by atoms with Gasteiger partial charge in [0.25, 0.3) is 5.69 Å². The van der Waals surface area contributed by atoms with Crippen molar-refractivity contribution in [1.82, 2.24) is 4.98 Å². The molecule has 0 N–H and O–H groups in total. The van der Waals surface area contributed by atoms with Crippen LogP contribution in [0.15, 0.2) is 30.3 Å². The Balaban J connectivity index is 1.65. The van der Waals surface area contributed by atoms with Crippen LogP contribution < -0.4 is 9.47 Å². The van der Waals surface area contributed by atoms with Gasteiger partial charge in [-0.25, -0.2) is 4.98 Å². The van der Waals surface area contributed by atoms with Crippen LogP contribution in [0.2, 0.25) is 5.02 Å². The first kappa shape index (κ1) is 14.9. The molecule has 4 rings (SSSR count). The number of hydrogen-bond donors (Lipinski definition) is 0. The first-order valence-corrected chi connectivity index (χ1v) is 8.12. The number of thiazole rings is 1. The number of ether oxygens (including phenoxy) is 2. The third-order valence-corrected chi connectivity index (χ3v) is 4.73. The molecule has 0 fully saturated rings. The van der Waals surface area contributed by atoms with Gasteiger partial charge in [0.2, 0.25) is 6.79 Å². The van der Waals surface area contributed by atoms with Crippen molar-refractivity contribution in [3.63, 3.8) is 0 Å². The summed E-state index contributed by atoms with van der Waals surface area (Å²) in [4.78, 5) is 14.9. The fourth-order valence-electron chi connectivity index (χ4n) is 2.37. The third-order valence-electron chi connectivity index (χ3n) is 3.47. The zero-order valence-electron chi connectivity index (χ0n) is 12.1. The zero-order chi connectivity index (χ0) is 16.7. The lowest BCUT2D eigenvalue weighted by atomic mass is 10.2. The van der Waals surface area contributed by atoms with Crippen molar-refractivity contribution in [2.75, 3.05) is 6.79 Å². The average Bonchev–Trinajstić information content (AvgIpc) is 3.18. The molecule has 2 heterocycles. The number of rotatable bonds is 3. The van der Waals surface area contributed by atoms with Crippen molar-refractivity contribution in [1.29, 1.82) is 0 Å². The molecule has 6 nitrogen and oxygen atoms in total. The summed E-state index contributed by atoms with van der Waals surface area (Å²) in [7, 11) is 0. The van der Waals surface area contributed by atoms with E-state index in [4.69, 9.17) is 21.1 Å². The van der Waals surface area contributed by atoms with Crippen LogP contribution in [-0.2, 0) is 0 Å². The van der Waals surface area contributed by atoms with E-state index in [1.807, 2.05) is 18.2 Å². The third kappa shape index (κ3) is 2.68. The Hall–Kier alpha value is -2.64. The van der Waals surface area contributed by atoms with E-state index < -0.39 is 4.92 Å². The summed E-state index contributed by atoms with van der Waals surface area (Å²) in [6.45, 7) is 0.166. The largest absolute Gasteiger partial charge is 0.454 e. The monoisotopic (exact) mass is 360 g/mol. The van der Waals surface area contributed by atoms with Gasteiger partial charge in [-0.2, -0.15) is 0 Å². The first-order chi connectivity index (χ1) is 11.6. The van der Waals surface area contributed by atoms with Crippen molar-refractivity contribution in [2.24, 2.45) is 0 Å². The second-order valence-electron chi connectivity index (χ2n) is 5.03. The SMILES string of the molecule is O=[N+]([O-])c1ccc2nc(/C=C/c3cc(Cl)c4c(c3)OCO4)sc2c1. The molecule has 0 spiro atoms. The molecule has 2 aromatic carbocycles. The Labute approximate surface area is 145 Å².